The lowest BCUT2D eigenvalue weighted by Crippen LogP contribution is -2.35. The van der Waals surface area contributed by atoms with Gasteiger partial charge in [-0.05, 0) is 25.0 Å². The van der Waals surface area contributed by atoms with Crippen LogP contribution in [0.15, 0.2) is 24.3 Å². The van der Waals surface area contributed by atoms with Crippen molar-refractivity contribution in [3.05, 3.63) is 29.8 Å². The number of carbonyl (C=O) groups excluding carboxylic acids is 1. The van der Waals surface area contributed by atoms with Crippen LogP contribution in [-0.4, -0.2) is 43.2 Å². The first-order chi connectivity index (χ1) is 14.3. The molecule has 0 aliphatic carbocycles. The third-order valence-electron chi connectivity index (χ3n) is 5.31. The van der Waals surface area contributed by atoms with Gasteiger partial charge in [-0.15, -0.1) is 0 Å². The molecule has 0 amide bonds. The van der Waals surface area contributed by atoms with Crippen LogP contribution in [0.5, 0.6) is 5.75 Å². The van der Waals surface area contributed by atoms with Gasteiger partial charge in [0, 0.05) is 5.56 Å². The van der Waals surface area contributed by atoms with Crippen molar-refractivity contribution >= 4 is 5.97 Å². The average Bonchev–Trinajstić information content (AvgIpc) is 2.68. The summed E-state index contributed by atoms with van der Waals surface area (Å²) in [7, 11) is 6.88. The Balaban J connectivity index is 0.000000696. The van der Waals surface area contributed by atoms with Crippen LogP contribution in [0.3, 0.4) is 0 Å². The summed E-state index contributed by atoms with van der Waals surface area (Å²) in [6, 6.07) is 5.64. The van der Waals surface area contributed by atoms with Gasteiger partial charge in [0.2, 0.25) is 0 Å². The fourth-order valence-electron chi connectivity index (χ4n) is 3.43. The van der Waals surface area contributed by atoms with E-state index in [1.807, 2.05) is 0 Å². The predicted octanol–water partition coefficient (Wildman–Crippen LogP) is 5.93. The van der Waals surface area contributed by atoms with E-state index in [2.05, 4.69) is 28.1 Å². The van der Waals surface area contributed by atoms with Crippen molar-refractivity contribution in [2.45, 2.75) is 96.8 Å². The highest BCUT2D eigenvalue weighted by Gasteiger charge is 2.04. The zero-order valence-corrected chi connectivity index (χ0v) is 20.1. The van der Waals surface area contributed by atoms with E-state index in [0.717, 1.165) is 4.48 Å². The van der Waals surface area contributed by atoms with Gasteiger partial charge in [-0.1, -0.05) is 96.1 Å². The zero-order chi connectivity index (χ0) is 22.7. The smallest absolute Gasteiger partial charge is 0.124 e. The van der Waals surface area contributed by atoms with E-state index in [-0.39, 0.29) is 11.3 Å². The van der Waals surface area contributed by atoms with Gasteiger partial charge in [-0.3, -0.25) is 0 Å². The normalized spacial score (nSPS) is 11.1. The Bertz CT molecular complexity index is 537. The summed E-state index contributed by atoms with van der Waals surface area (Å²) in [6.07, 6.45) is 20.4. The summed E-state index contributed by atoms with van der Waals surface area (Å²) in [4.78, 5) is 10.2. The number of quaternary nitrogens is 1. The van der Waals surface area contributed by atoms with Gasteiger partial charge in [0.25, 0.3) is 0 Å². The van der Waals surface area contributed by atoms with Gasteiger partial charge in [0.15, 0.2) is 0 Å². The lowest BCUT2D eigenvalue weighted by Gasteiger charge is -2.23. The number of hydrogen-bond acceptors (Lipinski definition) is 3. The van der Waals surface area contributed by atoms with Crippen LogP contribution in [0.1, 0.15) is 107 Å². The number of phenols is 1. The Labute approximate surface area is 185 Å². The van der Waals surface area contributed by atoms with E-state index >= 15 is 0 Å². The first-order valence-corrected chi connectivity index (χ1v) is 12.1. The maximum Gasteiger partial charge on any atom is 0.124 e. The van der Waals surface area contributed by atoms with Crippen molar-refractivity contribution in [3.63, 3.8) is 0 Å². The van der Waals surface area contributed by atoms with Gasteiger partial charge in [0.1, 0.15) is 5.75 Å². The molecule has 0 heterocycles. The molecule has 1 N–H and O–H groups in total. The molecule has 0 aliphatic rings. The minimum atomic E-state index is -1.36. The summed E-state index contributed by atoms with van der Waals surface area (Å²) in [5.74, 6) is -1.62. The van der Waals surface area contributed by atoms with E-state index < -0.39 is 5.97 Å². The van der Waals surface area contributed by atoms with E-state index in [0.29, 0.717) is 0 Å². The number of carboxylic acid groups (broad SMARTS) is 1. The number of unbranched alkanes of at least 4 members (excludes halogenated alkanes) is 13. The van der Waals surface area contributed by atoms with Crippen LogP contribution < -0.4 is 5.11 Å². The Kier molecular flexibility index (Phi) is 17.3. The molecule has 1 aromatic carbocycles. The summed E-state index contributed by atoms with van der Waals surface area (Å²) in [5, 5.41) is 19.0. The van der Waals surface area contributed by atoms with Crippen LogP contribution in [0, 0.1) is 0 Å². The third kappa shape index (κ3) is 18.5. The third-order valence-corrected chi connectivity index (χ3v) is 5.31. The molecule has 0 fully saturated rings. The molecule has 0 spiro atoms. The van der Waals surface area contributed by atoms with E-state index in [4.69, 9.17) is 5.11 Å². The summed E-state index contributed by atoms with van der Waals surface area (Å²) < 4.78 is 1.12. The number of benzene rings is 1. The van der Waals surface area contributed by atoms with E-state index in [1.54, 1.807) is 6.07 Å². The minimum absolute atomic E-state index is 0.178. The minimum Gasteiger partial charge on any atom is -0.545 e. The monoisotopic (exact) mass is 421 g/mol. The van der Waals surface area contributed by atoms with Gasteiger partial charge in [-0.25, -0.2) is 0 Å². The second-order valence-corrected chi connectivity index (χ2v) is 9.41. The fourth-order valence-corrected chi connectivity index (χ4v) is 3.43. The Morgan fingerprint density at radius 1 is 0.767 bits per heavy atom. The zero-order valence-electron chi connectivity index (χ0n) is 20.1. The fraction of sp³-hybridized carbons (Fsp3) is 0.731. The highest BCUT2D eigenvalue weighted by molar-refractivity contribution is 5.88. The van der Waals surface area contributed by atoms with E-state index in [9.17, 15) is 9.90 Å². The van der Waals surface area contributed by atoms with Crippen molar-refractivity contribution in [1.29, 1.82) is 0 Å². The second-order valence-electron chi connectivity index (χ2n) is 9.41. The van der Waals surface area contributed by atoms with Crippen molar-refractivity contribution in [3.8, 4) is 5.75 Å². The maximum atomic E-state index is 10.2. The van der Waals surface area contributed by atoms with Crippen molar-refractivity contribution in [2.75, 3.05) is 27.7 Å². The molecule has 0 saturated heterocycles. The Morgan fingerprint density at radius 3 is 1.50 bits per heavy atom. The molecular weight excluding hydrogens is 374 g/mol. The molecule has 0 bridgehead atoms. The maximum absolute atomic E-state index is 10.2. The summed E-state index contributed by atoms with van der Waals surface area (Å²) >= 11 is 0. The number of carbonyl (C=O) groups is 1. The van der Waals surface area contributed by atoms with Crippen molar-refractivity contribution < 1.29 is 19.5 Å². The van der Waals surface area contributed by atoms with Crippen LogP contribution in [0.2, 0.25) is 0 Å². The van der Waals surface area contributed by atoms with Crippen LogP contribution in [0.25, 0.3) is 0 Å². The van der Waals surface area contributed by atoms with Crippen LogP contribution >= 0.6 is 0 Å². The lowest BCUT2D eigenvalue weighted by molar-refractivity contribution is -0.870. The number of nitrogens with zero attached hydrogens (tertiary/aromatic N) is 1. The molecule has 0 atom stereocenters. The quantitative estimate of drug-likeness (QED) is 0.266. The second kappa shape index (κ2) is 18.2. The molecule has 30 heavy (non-hydrogen) atoms. The number of para-hydroxylation sites is 1. The lowest BCUT2D eigenvalue weighted by atomic mass is 10.0. The number of rotatable bonds is 16. The highest BCUT2D eigenvalue weighted by Crippen LogP contribution is 2.14. The first kappa shape index (κ1) is 28.5. The number of aromatic hydroxyl groups is 1. The average molecular weight is 422 g/mol. The number of hydrogen-bond donors (Lipinski definition) is 1. The SMILES string of the molecule is CCCCCCCCCCCCCCCC[N+](C)(C)C.O=C([O-])c1ccccc1O. The highest BCUT2D eigenvalue weighted by atomic mass is 16.4. The Morgan fingerprint density at radius 2 is 1.17 bits per heavy atom. The molecule has 0 unspecified atom stereocenters. The Hall–Kier alpha value is -1.55. The summed E-state index contributed by atoms with van der Waals surface area (Å²) in [5.41, 5.74) is -0.178. The molecule has 0 radical (unpaired) electrons. The van der Waals surface area contributed by atoms with E-state index in [1.165, 1.54) is 115 Å². The molecular formula is C26H47NO3. The molecule has 1 rings (SSSR count). The molecule has 4 nitrogen and oxygen atoms in total. The molecule has 1 aromatic rings. The molecule has 0 aromatic heterocycles. The van der Waals surface area contributed by atoms with Crippen molar-refractivity contribution in [2.24, 2.45) is 0 Å². The standard InChI is InChI=1S/C19H42N.C7H6O3/c1-5-6-7-8-9-10-11-12-13-14-15-16-17-18-19-20(2,3)4;8-6-4-2-1-3-5(6)7(9)10/h5-19H2,1-4H3;1-4,8H,(H,9,10)/q+1;/p-1. The van der Waals surface area contributed by atoms with Crippen molar-refractivity contribution in [1.82, 2.24) is 0 Å². The molecule has 0 aliphatic heterocycles. The number of carboxylic acids is 1. The topological polar surface area (TPSA) is 60.4 Å². The molecule has 4 heteroatoms. The first-order valence-electron chi connectivity index (χ1n) is 12.1. The van der Waals surface area contributed by atoms with Gasteiger partial charge < -0.3 is 19.5 Å². The molecule has 0 saturated carbocycles. The largest absolute Gasteiger partial charge is 0.545 e. The van der Waals surface area contributed by atoms with Crippen LogP contribution in [0.4, 0.5) is 0 Å². The summed E-state index contributed by atoms with van der Waals surface area (Å²) in [6.45, 7) is 3.63. The van der Waals surface area contributed by atoms with Crippen LogP contribution in [-0.2, 0) is 0 Å². The number of aromatic carboxylic acids is 1. The molecule has 174 valence electrons. The van der Waals surface area contributed by atoms with Gasteiger partial charge in [-0.2, -0.15) is 0 Å². The predicted molar refractivity (Wildman–Crippen MR) is 126 cm³/mol. The van der Waals surface area contributed by atoms with Gasteiger partial charge >= 0.3 is 0 Å². The van der Waals surface area contributed by atoms with Gasteiger partial charge in [0.05, 0.1) is 33.7 Å².